The third-order valence-electron chi connectivity index (χ3n) is 13.9. The molecule has 2 unspecified atom stereocenters. The van der Waals surface area contributed by atoms with Gasteiger partial charge in [-0.2, -0.15) is 0 Å². The molecule has 1 amide bonds. The minimum Gasteiger partial charge on any atom is -0.394 e. The number of aliphatic hydroxyl groups is 2. The quantitative estimate of drug-likeness (QED) is 0.0420. The van der Waals surface area contributed by atoms with Gasteiger partial charge in [-0.05, 0) is 83.5 Å². The van der Waals surface area contributed by atoms with Gasteiger partial charge in [0.1, 0.15) is 0 Å². The number of hydrogen-bond donors (Lipinski definition) is 3. The zero-order chi connectivity index (χ0) is 49.9. The van der Waals surface area contributed by atoms with Crippen LogP contribution >= 0.6 is 0 Å². The molecule has 0 saturated heterocycles. The third-order valence-corrected chi connectivity index (χ3v) is 13.9. The first-order valence-electron chi connectivity index (χ1n) is 30.7. The third kappa shape index (κ3) is 56.6. The van der Waals surface area contributed by atoms with Gasteiger partial charge in [-0.15, -0.1) is 0 Å². The molecule has 0 aliphatic carbocycles. The van der Waals surface area contributed by atoms with Gasteiger partial charge in [0.15, 0.2) is 0 Å². The summed E-state index contributed by atoms with van der Waals surface area (Å²) in [7, 11) is 0. The number of nitrogens with one attached hydrogen (secondary N) is 1. The van der Waals surface area contributed by atoms with E-state index >= 15 is 0 Å². The molecule has 2 atom stereocenters. The highest BCUT2D eigenvalue weighted by atomic mass is 16.3. The number of amides is 1. The Morgan fingerprint density at radius 3 is 0.942 bits per heavy atom. The maximum atomic E-state index is 12.5. The summed E-state index contributed by atoms with van der Waals surface area (Å²) >= 11 is 0. The average molecular weight is 963 g/mol. The van der Waals surface area contributed by atoms with Gasteiger partial charge in [0, 0.05) is 6.42 Å². The molecule has 0 radical (unpaired) electrons. The van der Waals surface area contributed by atoms with Gasteiger partial charge in [0.05, 0.1) is 18.8 Å². The smallest absolute Gasteiger partial charge is 0.220 e. The fraction of sp³-hybridized carbons (Fsp3) is 0.800. The van der Waals surface area contributed by atoms with Crippen molar-refractivity contribution in [1.29, 1.82) is 0 Å². The lowest BCUT2D eigenvalue weighted by Gasteiger charge is -2.19. The van der Waals surface area contributed by atoms with E-state index in [1.54, 1.807) is 6.08 Å². The van der Waals surface area contributed by atoms with Gasteiger partial charge in [-0.3, -0.25) is 4.79 Å². The van der Waals surface area contributed by atoms with Gasteiger partial charge in [-0.1, -0.05) is 299 Å². The molecule has 0 bridgehead atoms. The normalized spacial score (nSPS) is 13.3. The molecule has 4 heteroatoms. The van der Waals surface area contributed by atoms with E-state index in [0.717, 1.165) is 51.4 Å². The van der Waals surface area contributed by atoms with Crippen molar-refractivity contribution >= 4 is 5.91 Å². The van der Waals surface area contributed by atoms with Crippen LogP contribution < -0.4 is 5.32 Å². The summed E-state index contributed by atoms with van der Waals surface area (Å²) in [6, 6.07) is -0.652. The number of unbranched alkanes of at least 4 members (excludes halogenated alkanes) is 39. The number of aliphatic hydroxyl groups excluding tert-OH is 2. The van der Waals surface area contributed by atoms with Crippen LogP contribution in [-0.4, -0.2) is 34.9 Å². The predicted octanol–water partition coefficient (Wildman–Crippen LogP) is 20.5. The summed E-state index contributed by atoms with van der Waals surface area (Å²) in [4.78, 5) is 12.5. The minimum absolute atomic E-state index is 0.0788. The van der Waals surface area contributed by atoms with E-state index < -0.39 is 12.1 Å². The SMILES string of the molecule is CCCCCCC/C=C\C/C=C\C/C=C\CCCCCCCCCCCCCCC(=O)NC(CO)C(O)/C=C/CC/C=C/CC/C=C/CCCCCCCCCCCCCCCCCCCCCC. The highest BCUT2D eigenvalue weighted by molar-refractivity contribution is 5.76. The number of hydrogen-bond acceptors (Lipinski definition) is 3. The fourth-order valence-corrected chi connectivity index (χ4v) is 9.22. The highest BCUT2D eigenvalue weighted by Crippen LogP contribution is 2.17. The van der Waals surface area contributed by atoms with E-state index in [4.69, 9.17) is 0 Å². The molecule has 0 aromatic heterocycles. The minimum atomic E-state index is -0.876. The topological polar surface area (TPSA) is 69.6 Å². The molecule has 0 aromatic rings. The van der Waals surface area contributed by atoms with Crippen LogP contribution in [0.5, 0.6) is 0 Å². The summed E-state index contributed by atoms with van der Waals surface area (Å²) in [6.07, 6.45) is 86.6. The van der Waals surface area contributed by atoms with Crippen LogP contribution in [0.25, 0.3) is 0 Å². The summed E-state index contributed by atoms with van der Waals surface area (Å²) in [5, 5.41) is 23.2. The first kappa shape index (κ1) is 66.8. The lowest BCUT2D eigenvalue weighted by atomic mass is 10.0. The second kappa shape index (κ2) is 60.1. The lowest BCUT2D eigenvalue weighted by molar-refractivity contribution is -0.123. The molecule has 3 N–H and O–H groups in total. The molecule has 0 heterocycles. The predicted molar refractivity (Wildman–Crippen MR) is 308 cm³/mol. The van der Waals surface area contributed by atoms with Gasteiger partial charge >= 0.3 is 0 Å². The molecular weight excluding hydrogens is 843 g/mol. The monoisotopic (exact) mass is 962 g/mol. The van der Waals surface area contributed by atoms with E-state index in [9.17, 15) is 15.0 Å². The summed E-state index contributed by atoms with van der Waals surface area (Å²) in [5.74, 6) is -0.0788. The van der Waals surface area contributed by atoms with Crippen molar-refractivity contribution in [3.05, 3.63) is 72.9 Å². The number of carbonyl (C=O) groups excluding carboxylic acids is 1. The van der Waals surface area contributed by atoms with Crippen molar-refractivity contribution in [2.75, 3.05) is 6.61 Å². The van der Waals surface area contributed by atoms with Crippen molar-refractivity contribution in [3.8, 4) is 0 Å². The zero-order valence-electron chi connectivity index (χ0n) is 46.3. The Morgan fingerprint density at radius 2 is 0.609 bits per heavy atom. The Kier molecular flexibility index (Phi) is 58.2. The first-order chi connectivity index (χ1) is 34.2. The summed E-state index contributed by atoms with van der Waals surface area (Å²) in [5.41, 5.74) is 0. The molecule has 69 heavy (non-hydrogen) atoms. The maximum Gasteiger partial charge on any atom is 0.220 e. The molecule has 0 aliphatic rings. The van der Waals surface area contributed by atoms with E-state index in [0.29, 0.717) is 6.42 Å². The van der Waals surface area contributed by atoms with Crippen LogP contribution in [0.1, 0.15) is 316 Å². The zero-order valence-corrected chi connectivity index (χ0v) is 46.3. The van der Waals surface area contributed by atoms with Crippen molar-refractivity contribution in [1.82, 2.24) is 5.32 Å². The Bertz CT molecular complexity index is 1180. The van der Waals surface area contributed by atoms with Gasteiger partial charge < -0.3 is 15.5 Å². The summed E-state index contributed by atoms with van der Waals surface area (Å²) < 4.78 is 0. The largest absolute Gasteiger partial charge is 0.394 e. The van der Waals surface area contributed by atoms with Crippen LogP contribution in [0.3, 0.4) is 0 Å². The van der Waals surface area contributed by atoms with E-state index in [2.05, 4.69) is 79.9 Å². The van der Waals surface area contributed by atoms with Crippen LogP contribution in [-0.2, 0) is 4.79 Å². The maximum absolute atomic E-state index is 12.5. The van der Waals surface area contributed by atoms with E-state index in [1.807, 2.05) is 6.08 Å². The molecule has 4 nitrogen and oxygen atoms in total. The Labute approximate surface area is 431 Å². The van der Waals surface area contributed by atoms with E-state index in [1.165, 1.54) is 244 Å². The standard InChI is InChI=1S/C65H119NO3/c1-3-5-7-9-11-13-15-17-19-21-23-25-27-29-31-32-33-35-36-38-40-42-44-46-48-50-52-54-56-58-60-64(68)63(62-67)66-65(69)61-59-57-55-53-51-49-47-45-43-41-39-37-34-30-28-26-24-22-20-18-16-14-12-10-8-6-4-2/h16,18,22,24,28,30,42,44,50,52,58,60,63-64,67-68H,3-15,17,19-21,23,25-27,29,31-41,43,45-49,51,53-57,59,61-62H2,1-2H3,(H,66,69)/b18-16-,24-22-,30-28-,44-42+,52-50+,60-58+. The number of allylic oxidation sites excluding steroid dienone is 11. The van der Waals surface area contributed by atoms with Crippen molar-refractivity contribution < 1.29 is 15.0 Å². The molecule has 0 saturated carbocycles. The molecule has 0 aromatic carbocycles. The lowest BCUT2D eigenvalue weighted by Crippen LogP contribution is -2.45. The van der Waals surface area contributed by atoms with Crippen molar-refractivity contribution in [2.24, 2.45) is 0 Å². The molecule has 0 fully saturated rings. The van der Waals surface area contributed by atoms with Gasteiger partial charge in [-0.25, -0.2) is 0 Å². The summed E-state index contributed by atoms with van der Waals surface area (Å²) in [6.45, 7) is 4.31. The Balaban J connectivity index is 3.56. The molecular formula is C65H119NO3. The second-order valence-electron chi connectivity index (χ2n) is 20.7. The van der Waals surface area contributed by atoms with Gasteiger partial charge in [0.25, 0.3) is 0 Å². The van der Waals surface area contributed by atoms with Crippen LogP contribution in [0.15, 0.2) is 72.9 Å². The number of carbonyl (C=O) groups is 1. The molecule has 0 aliphatic heterocycles. The highest BCUT2D eigenvalue weighted by Gasteiger charge is 2.18. The Hall–Kier alpha value is -2.17. The number of rotatable bonds is 56. The molecule has 0 spiro atoms. The van der Waals surface area contributed by atoms with Crippen LogP contribution in [0.2, 0.25) is 0 Å². The van der Waals surface area contributed by atoms with Crippen LogP contribution in [0.4, 0.5) is 0 Å². The first-order valence-corrected chi connectivity index (χ1v) is 30.7. The van der Waals surface area contributed by atoms with E-state index in [-0.39, 0.29) is 12.5 Å². The molecule has 0 rings (SSSR count). The van der Waals surface area contributed by atoms with Crippen LogP contribution in [0, 0.1) is 0 Å². The fourth-order valence-electron chi connectivity index (χ4n) is 9.22. The molecule has 402 valence electrons. The van der Waals surface area contributed by atoms with Gasteiger partial charge in [0.2, 0.25) is 5.91 Å². The van der Waals surface area contributed by atoms with Crippen molar-refractivity contribution in [3.63, 3.8) is 0 Å². The van der Waals surface area contributed by atoms with Crippen molar-refractivity contribution in [2.45, 2.75) is 328 Å². The second-order valence-corrected chi connectivity index (χ2v) is 20.7. The Morgan fingerprint density at radius 1 is 0.348 bits per heavy atom. The average Bonchev–Trinajstić information content (AvgIpc) is 3.35.